The number of anilines is 1. The van der Waals surface area contributed by atoms with Crippen molar-refractivity contribution in [2.75, 3.05) is 12.3 Å². The molecule has 94 valence electrons. The molecule has 5 heteroatoms. The van der Waals surface area contributed by atoms with Crippen LogP contribution < -0.4 is 5.73 Å². The second kappa shape index (κ2) is 4.80. The second-order valence-corrected chi connectivity index (χ2v) is 5.09. The zero-order valence-electron chi connectivity index (χ0n) is 9.82. The molecule has 0 aliphatic carbocycles. The fourth-order valence-corrected chi connectivity index (χ4v) is 2.35. The molecule has 1 aliphatic rings. The molecule has 1 saturated heterocycles. The van der Waals surface area contributed by atoms with E-state index in [0.29, 0.717) is 23.0 Å². The Balaban J connectivity index is 2.29. The molecule has 0 radical (unpaired) electrons. The van der Waals surface area contributed by atoms with Crippen molar-refractivity contribution >= 4 is 17.4 Å². The maximum Gasteiger partial charge on any atom is 0.129 e. The average molecular weight is 257 g/mol. The molecule has 1 aromatic rings. The van der Waals surface area contributed by atoms with Crippen LogP contribution in [-0.2, 0) is 4.74 Å². The van der Waals surface area contributed by atoms with Crippen LogP contribution in [0.15, 0.2) is 12.3 Å². The van der Waals surface area contributed by atoms with E-state index in [4.69, 9.17) is 22.1 Å². The molecule has 0 aromatic carbocycles. The quantitative estimate of drug-likeness (QED) is 0.852. The minimum absolute atomic E-state index is 0.303. The van der Waals surface area contributed by atoms with E-state index in [1.807, 2.05) is 6.92 Å². The topological polar surface area (TPSA) is 68.4 Å². The minimum Gasteiger partial charge on any atom is -0.385 e. The molecule has 0 amide bonds. The number of ether oxygens (including phenoxy) is 1. The standard InChI is InChI=1S/C12H17ClN2O2/c1-12(4-2-3-5-17-12)10(16)9-6-8(13)7-15-11(9)14/h6-7,10,16H,2-5H2,1H3,(H2,14,15). The Bertz CT molecular complexity index is 405. The molecule has 2 atom stereocenters. The van der Waals surface area contributed by atoms with Gasteiger partial charge >= 0.3 is 0 Å². The summed E-state index contributed by atoms with van der Waals surface area (Å²) in [6, 6.07) is 1.65. The zero-order valence-corrected chi connectivity index (χ0v) is 10.6. The highest BCUT2D eigenvalue weighted by Gasteiger charge is 2.37. The summed E-state index contributed by atoms with van der Waals surface area (Å²) in [7, 11) is 0. The highest BCUT2D eigenvalue weighted by molar-refractivity contribution is 6.30. The van der Waals surface area contributed by atoms with Crippen LogP contribution >= 0.6 is 11.6 Å². The fourth-order valence-electron chi connectivity index (χ4n) is 2.18. The van der Waals surface area contributed by atoms with Crippen LogP contribution in [0.2, 0.25) is 5.02 Å². The molecule has 2 unspecified atom stereocenters. The van der Waals surface area contributed by atoms with Gasteiger partial charge in [0.15, 0.2) is 0 Å². The molecule has 3 N–H and O–H groups in total. The summed E-state index contributed by atoms with van der Waals surface area (Å²) in [6.45, 7) is 2.57. The van der Waals surface area contributed by atoms with Crippen molar-refractivity contribution in [3.8, 4) is 0 Å². The molecule has 1 aliphatic heterocycles. The zero-order chi connectivity index (χ0) is 12.5. The van der Waals surface area contributed by atoms with Crippen molar-refractivity contribution in [1.29, 1.82) is 0 Å². The summed E-state index contributed by atoms with van der Waals surface area (Å²) >= 11 is 5.88. The number of hydrogen-bond donors (Lipinski definition) is 2. The van der Waals surface area contributed by atoms with Gasteiger partial charge in [0.05, 0.1) is 10.6 Å². The highest BCUT2D eigenvalue weighted by Crippen LogP contribution is 2.38. The molecule has 0 bridgehead atoms. The van der Waals surface area contributed by atoms with Crippen LogP contribution in [0.5, 0.6) is 0 Å². The smallest absolute Gasteiger partial charge is 0.129 e. The van der Waals surface area contributed by atoms with E-state index in [-0.39, 0.29) is 0 Å². The van der Waals surface area contributed by atoms with Crippen molar-refractivity contribution < 1.29 is 9.84 Å². The van der Waals surface area contributed by atoms with Gasteiger partial charge in [-0.3, -0.25) is 0 Å². The van der Waals surface area contributed by atoms with E-state index < -0.39 is 11.7 Å². The summed E-state index contributed by atoms with van der Waals surface area (Å²) in [5, 5.41) is 10.9. The van der Waals surface area contributed by atoms with Gasteiger partial charge in [-0.15, -0.1) is 0 Å². The van der Waals surface area contributed by atoms with Crippen LogP contribution in [0, 0.1) is 0 Å². The molecule has 1 fully saturated rings. The largest absolute Gasteiger partial charge is 0.385 e. The summed E-state index contributed by atoms with van der Waals surface area (Å²) in [5.74, 6) is 0.303. The molecule has 0 saturated carbocycles. The number of hydrogen-bond acceptors (Lipinski definition) is 4. The minimum atomic E-state index is -0.797. The summed E-state index contributed by atoms with van der Waals surface area (Å²) in [5.41, 5.74) is 5.72. The van der Waals surface area contributed by atoms with E-state index in [2.05, 4.69) is 4.98 Å². The van der Waals surface area contributed by atoms with E-state index in [9.17, 15) is 5.11 Å². The van der Waals surface area contributed by atoms with Crippen molar-refractivity contribution in [3.63, 3.8) is 0 Å². The van der Waals surface area contributed by atoms with Gasteiger partial charge in [0.25, 0.3) is 0 Å². The maximum absolute atomic E-state index is 10.4. The van der Waals surface area contributed by atoms with Crippen LogP contribution in [0.1, 0.15) is 37.9 Å². The number of halogens is 1. The molecule has 2 rings (SSSR count). The molecular weight excluding hydrogens is 240 g/mol. The van der Waals surface area contributed by atoms with E-state index >= 15 is 0 Å². The Morgan fingerprint density at radius 2 is 2.35 bits per heavy atom. The van der Waals surface area contributed by atoms with Gasteiger partial charge in [0.1, 0.15) is 11.9 Å². The molecule has 4 nitrogen and oxygen atoms in total. The number of aliphatic hydroxyl groups is 1. The summed E-state index contributed by atoms with van der Waals surface area (Å²) in [4.78, 5) is 3.96. The third-order valence-corrected chi connectivity index (χ3v) is 3.50. The predicted molar refractivity (Wildman–Crippen MR) is 66.8 cm³/mol. The maximum atomic E-state index is 10.4. The van der Waals surface area contributed by atoms with Gasteiger partial charge in [0.2, 0.25) is 0 Å². The first-order chi connectivity index (χ1) is 8.03. The van der Waals surface area contributed by atoms with E-state index in [1.165, 1.54) is 6.20 Å². The van der Waals surface area contributed by atoms with Gasteiger partial charge < -0.3 is 15.6 Å². The highest BCUT2D eigenvalue weighted by atomic mass is 35.5. The Morgan fingerprint density at radius 3 is 3.00 bits per heavy atom. The van der Waals surface area contributed by atoms with Gasteiger partial charge in [-0.25, -0.2) is 4.98 Å². The number of nitrogens with zero attached hydrogens (tertiary/aromatic N) is 1. The van der Waals surface area contributed by atoms with Crippen LogP contribution in [0.3, 0.4) is 0 Å². The Kier molecular flexibility index (Phi) is 3.56. The van der Waals surface area contributed by atoms with Crippen molar-refractivity contribution in [2.24, 2.45) is 0 Å². The first-order valence-corrected chi connectivity index (χ1v) is 6.14. The monoisotopic (exact) mass is 256 g/mol. The SMILES string of the molecule is CC1(C(O)c2cc(Cl)cnc2N)CCCCO1. The van der Waals surface area contributed by atoms with Crippen LogP contribution in [0.4, 0.5) is 5.82 Å². The normalized spacial score (nSPS) is 26.8. The molecule has 1 aromatic heterocycles. The van der Waals surface area contributed by atoms with Gasteiger partial charge in [-0.1, -0.05) is 11.6 Å². The van der Waals surface area contributed by atoms with Crippen molar-refractivity contribution in [3.05, 3.63) is 22.8 Å². The van der Waals surface area contributed by atoms with Crippen LogP contribution in [-0.4, -0.2) is 22.3 Å². The van der Waals surface area contributed by atoms with E-state index in [1.54, 1.807) is 6.07 Å². The fraction of sp³-hybridized carbons (Fsp3) is 0.583. The number of aromatic nitrogens is 1. The Labute approximate surface area is 106 Å². The van der Waals surface area contributed by atoms with Crippen molar-refractivity contribution in [1.82, 2.24) is 4.98 Å². The van der Waals surface area contributed by atoms with Gasteiger partial charge in [0, 0.05) is 18.4 Å². The molecule has 17 heavy (non-hydrogen) atoms. The number of nitrogens with two attached hydrogens (primary N) is 1. The lowest BCUT2D eigenvalue weighted by Crippen LogP contribution is -2.39. The molecular formula is C12H17ClN2O2. The number of aliphatic hydroxyl groups excluding tert-OH is 1. The van der Waals surface area contributed by atoms with Crippen LogP contribution in [0.25, 0.3) is 0 Å². The lowest BCUT2D eigenvalue weighted by atomic mass is 9.86. The number of rotatable bonds is 2. The summed E-state index contributed by atoms with van der Waals surface area (Å²) in [6.07, 6.45) is 3.55. The molecule has 2 heterocycles. The lowest BCUT2D eigenvalue weighted by Gasteiger charge is -2.38. The first-order valence-electron chi connectivity index (χ1n) is 5.76. The van der Waals surface area contributed by atoms with Gasteiger partial charge in [-0.2, -0.15) is 0 Å². The predicted octanol–water partition coefficient (Wildman–Crippen LogP) is 2.31. The molecule has 0 spiro atoms. The first kappa shape index (κ1) is 12.6. The van der Waals surface area contributed by atoms with E-state index in [0.717, 1.165) is 19.3 Å². The second-order valence-electron chi connectivity index (χ2n) is 4.65. The number of nitrogen functional groups attached to an aromatic ring is 1. The van der Waals surface area contributed by atoms with Crippen molar-refractivity contribution in [2.45, 2.75) is 37.9 Å². The Morgan fingerprint density at radius 1 is 1.59 bits per heavy atom. The van der Waals surface area contributed by atoms with Gasteiger partial charge in [-0.05, 0) is 32.3 Å². The average Bonchev–Trinajstić information content (AvgIpc) is 2.32. The third kappa shape index (κ3) is 2.54. The Hall–Kier alpha value is -0.840. The summed E-state index contributed by atoms with van der Waals surface area (Å²) < 4.78 is 5.70. The number of pyridine rings is 1. The third-order valence-electron chi connectivity index (χ3n) is 3.29. The lowest BCUT2D eigenvalue weighted by molar-refractivity contribution is -0.138.